The van der Waals surface area contributed by atoms with E-state index in [0.717, 1.165) is 41.5 Å². The summed E-state index contributed by atoms with van der Waals surface area (Å²) < 4.78 is 7.38. The number of halogens is 2. The zero-order valence-electron chi connectivity index (χ0n) is 13.0. The molecule has 0 unspecified atom stereocenters. The third-order valence-corrected chi connectivity index (χ3v) is 4.90. The minimum atomic E-state index is 0.509. The van der Waals surface area contributed by atoms with Crippen molar-refractivity contribution in [3.05, 3.63) is 58.1 Å². The second-order valence-electron chi connectivity index (χ2n) is 5.56. The quantitative estimate of drug-likeness (QED) is 0.728. The number of benzene rings is 2. The van der Waals surface area contributed by atoms with E-state index in [1.165, 1.54) is 5.56 Å². The average Bonchev–Trinajstić information content (AvgIpc) is 3.20. The van der Waals surface area contributed by atoms with E-state index in [1.807, 2.05) is 41.1 Å². The summed E-state index contributed by atoms with van der Waals surface area (Å²) in [5.74, 6) is 1.81. The van der Waals surface area contributed by atoms with Crippen molar-refractivity contribution in [3.63, 3.8) is 0 Å². The Kier molecular flexibility index (Phi) is 3.87. The van der Waals surface area contributed by atoms with Crippen LogP contribution in [-0.2, 0) is 6.42 Å². The second-order valence-corrected chi connectivity index (χ2v) is 6.38. The Morgan fingerprint density at radius 3 is 2.75 bits per heavy atom. The van der Waals surface area contributed by atoms with E-state index in [4.69, 9.17) is 33.0 Å². The maximum Gasteiger partial charge on any atom is 0.133 e. The fraction of sp³-hybridized carbons (Fsp3) is 0.167. The van der Waals surface area contributed by atoms with E-state index < -0.39 is 0 Å². The normalized spacial score (nSPS) is 12.8. The van der Waals surface area contributed by atoms with Crippen LogP contribution in [0.15, 0.2) is 42.5 Å². The minimum Gasteiger partial charge on any atom is -0.496 e. The van der Waals surface area contributed by atoms with Gasteiger partial charge in [-0.05, 0) is 36.8 Å². The summed E-state index contributed by atoms with van der Waals surface area (Å²) in [5.41, 5.74) is 3.97. The Balaban J connectivity index is 1.91. The Morgan fingerprint density at radius 2 is 1.96 bits per heavy atom. The first-order valence-electron chi connectivity index (χ1n) is 7.63. The summed E-state index contributed by atoms with van der Waals surface area (Å²) >= 11 is 12.2. The molecule has 122 valence electrons. The van der Waals surface area contributed by atoms with Crippen LogP contribution in [0.1, 0.15) is 5.56 Å². The molecule has 24 heavy (non-hydrogen) atoms. The fourth-order valence-corrected chi connectivity index (χ4v) is 3.33. The first-order chi connectivity index (χ1) is 11.7. The van der Waals surface area contributed by atoms with Crippen molar-refractivity contribution in [2.75, 3.05) is 19.0 Å². The van der Waals surface area contributed by atoms with E-state index in [9.17, 15) is 0 Å². The molecule has 0 radical (unpaired) electrons. The van der Waals surface area contributed by atoms with E-state index >= 15 is 0 Å². The smallest absolute Gasteiger partial charge is 0.133 e. The second kappa shape index (κ2) is 6.04. The third kappa shape index (κ3) is 2.43. The number of para-hydroxylation sites is 1. The SMILES string of the molecule is COc1ccccc1-c1nn(-c2ccc(Cl)c(Cl)c2)c2c1CCN2. The first-order valence-corrected chi connectivity index (χ1v) is 8.39. The third-order valence-electron chi connectivity index (χ3n) is 4.16. The van der Waals surface area contributed by atoms with Gasteiger partial charge in [0.1, 0.15) is 17.3 Å². The lowest BCUT2D eigenvalue weighted by molar-refractivity contribution is 0.416. The predicted molar refractivity (Wildman–Crippen MR) is 97.8 cm³/mol. The summed E-state index contributed by atoms with van der Waals surface area (Å²) in [6.07, 6.45) is 0.921. The summed E-state index contributed by atoms with van der Waals surface area (Å²) in [7, 11) is 1.67. The molecule has 0 spiro atoms. The molecule has 1 aliphatic rings. The van der Waals surface area contributed by atoms with E-state index in [1.54, 1.807) is 13.2 Å². The average molecular weight is 360 g/mol. The van der Waals surface area contributed by atoms with E-state index in [0.29, 0.717) is 10.0 Å². The molecule has 6 heteroatoms. The fourth-order valence-electron chi connectivity index (χ4n) is 3.03. The van der Waals surface area contributed by atoms with Gasteiger partial charge in [-0.1, -0.05) is 35.3 Å². The highest BCUT2D eigenvalue weighted by atomic mass is 35.5. The van der Waals surface area contributed by atoms with Crippen LogP contribution in [-0.4, -0.2) is 23.4 Å². The Labute approximate surface area is 150 Å². The zero-order valence-corrected chi connectivity index (χ0v) is 14.5. The monoisotopic (exact) mass is 359 g/mol. The highest BCUT2D eigenvalue weighted by Gasteiger charge is 2.25. The first kappa shape index (κ1) is 15.4. The van der Waals surface area contributed by atoms with E-state index in [-0.39, 0.29) is 0 Å². The van der Waals surface area contributed by atoms with Crippen molar-refractivity contribution in [2.24, 2.45) is 0 Å². The summed E-state index contributed by atoms with van der Waals surface area (Å²) in [6.45, 7) is 0.886. The Bertz CT molecular complexity index is 921. The van der Waals surface area contributed by atoms with Crippen molar-refractivity contribution >= 4 is 29.0 Å². The summed E-state index contributed by atoms with van der Waals surface area (Å²) in [4.78, 5) is 0. The van der Waals surface area contributed by atoms with Gasteiger partial charge in [0, 0.05) is 17.7 Å². The topological polar surface area (TPSA) is 39.1 Å². The maximum atomic E-state index is 6.17. The van der Waals surface area contributed by atoms with Crippen LogP contribution in [0, 0.1) is 0 Å². The van der Waals surface area contributed by atoms with Crippen LogP contribution in [0.5, 0.6) is 5.75 Å². The van der Waals surface area contributed by atoms with Gasteiger partial charge < -0.3 is 10.1 Å². The molecule has 2 heterocycles. The van der Waals surface area contributed by atoms with Crippen molar-refractivity contribution in [3.8, 4) is 22.7 Å². The number of fused-ring (bicyclic) bond motifs is 1. The maximum absolute atomic E-state index is 6.17. The van der Waals surface area contributed by atoms with Crippen LogP contribution < -0.4 is 10.1 Å². The lowest BCUT2D eigenvalue weighted by Crippen LogP contribution is -2.04. The molecule has 0 saturated carbocycles. The van der Waals surface area contributed by atoms with Crippen molar-refractivity contribution in [1.29, 1.82) is 0 Å². The van der Waals surface area contributed by atoms with Gasteiger partial charge >= 0.3 is 0 Å². The molecule has 1 aliphatic heterocycles. The molecule has 0 bridgehead atoms. The Morgan fingerprint density at radius 1 is 1.12 bits per heavy atom. The van der Waals surface area contributed by atoms with Gasteiger partial charge in [-0.3, -0.25) is 0 Å². The van der Waals surface area contributed by atoms with Gasteiger partial charge in [-0.25, -0.2) is 4.68 Å². The van der Waals surface area contributed by atoms with E-state index in [2.05, 4.69) is 5.32 Å². The molecule has 4 rings (SSSR count). The number of anilines is 1. The van der Waals surface area contributed by atoms with Gasteiger partial charge in [-0.15, -0.1) is 0 Å². The number of nitrogens with zero attached hydrogens (tertiary/aromatic N) is 2. The number of methoxy groups -OCH3 is 1. The molecular weight excluding hydrogens is 345 g/mol. The minimum absolute atomic E-state index is 0.509. The van der Waals surface area contributed by atoms with Gasteiger partial charge in [0.25, 0.3) is 0 Å². The number of hydrogen-bond donors (Lipinski definition) is 1. The van der Waals surface area contributed by atoms with Gasteiger partial charge in [-0.2, -0.15) is 5.10 Å². The number of ether oxygens (including phenoxy) is 1. The molecular formula is C18H15Cl2N3O. The lowest BCUT2D eigenvalue weighted by atomic mass is 10.1. The Hall–Kier alpha value is -2.17. The largest absolute Gasteiger partial charge is 0.496 e. The molecule has 3 aromatic rings. The highest BCUT2D eigenvalue weighted by Crippen LogP contribution is 2.38. The molecule has 0 aliphatic carbocycles. The molecule has 0 amide bonds. The van der Waals surface area contributed by atoms with Gasteiger partial charge in [0.15, 0.2) is 0 Å². The highest BCUT2D eigenvalue weighted by molar-refractivity contribution is 6.42. The molecule has 2 aromatic carbocycles. The number of aromatic nitrogens is 2. The van der Waals surface area contributed by atoms with Crippen LogP contribution in [0.25, 0.3) is 16.9 Å². The molecule has 0 atom stereocenters. The summed E-state index contributed by atoms with van der Waals surface area (Å²) in [5, 5.41) is 9.28. The molecule has 0 fully saturated rings. The van der Waals surface area contributed by atoms with Crippen LogP contribution in [0.4, 0.5) is 5.82 Å². The van der Waals surface area contributed by atoms with Crippen LogP contribution in [0.2, 0.25) is 10.0 Å². The van der Waals surface area contributed by atoms with Crippen molar-refractivity contribution in [1.82, 2.24) is 9.78 Å². The van der Waals surface area contributed by atoms with Gasteiger partial charge in [0.2, 0.25) is 0 Å². The standard InChI is InChI=1S/C18H15Cl2N3O/c1-24-16-5-3-2-4-12(16)17-13-8-9-21-18(13)23(22-17)11-6-7-14(19)15(20)10-11/h2-7,10,21H,8-9H2,1H3. The van der Waals surface area contributed by atoms with Crippen molar-refractivity contribution in [2.45, 2.75) is 6.42 Å². The predicted octanol–water partition coefficient (Wildman–Crippen LogP) is 4.82. The molecule has 1 aromatic heterocycles. The molecule has 0 saturated heterocycles. The number of hydrogen-bond acceptors (Lipinski definition) is 3. The van der Waals surface area contributed by atoms with Gasteiger partial charge in [0.05, 0.1) is 22.8 Å². The van der Waals surface area contributed by atoms with Crippen molar-refractivity contribution < 1.29 is 4.74 Å². The van der Waals surface area contributed by atoms with Crippen LogP contribution in [0.3, 0.4) is 0 Å². The molecule has 1 N–H and O–H groups in total. The zero-order chi connectivity index (χ0) is 16.7. The molecule has 4 nitrogen and oxygen atoms in total. The van der Waals surface area contributed by atoms with Crippen LogP contribution >= 0.6 is 23.2 Å². The lowest BCUT2D eigenvalue weighted by Gasteiger charge is -2.08. The number of rotatable bonds is 3. The number of nitrogens with one attached hydrogen (secondary N) is 1. The summed E-state index contributed by atoms with van der Waals surface area (Å²) in [6, 6.07) is 13.4.